The molecule has 0 spiro atoms. The minimum atomic E-state index is 1.34. The maximum Gasteiger partial charge on any atom is -0.00203 e. The van der Waals surface area contributed by atoms with Gasteiger partial charge in [-0.25, -0.2) is 0 Å². The van der Waals surface area contributed by atoms with Crippen LogP contribution in [0, 0.1) is 10.4 Å². The Labute approximate surface area is 93.1 Å². The van der Waals surface area contributed by atoms with E-state index in [4.69, 9.17) is 0 Å². The van der Waals surface area contributed by atoms with Crippen molar-refractivity contribution in [3.63, 3.8) is 0 Å². The van der Waals surface area contributed by atoms with Gasteiger partial charge in [0.15, 0.2) is 0 Å². The molecule has 0 nitrogen and oxygen atoms in total. The molecular weight excluding hydrogens is 192 g/mol. The summed E-state index contributed by atoms with van der Waals surface area (Å²) in [6.45, 7) is 0. The fraction of sp³-hybridized carbons (Fsp3) is 0. The summed E-state index contributed by atoms with van der Waals surface area (Å²) in [5.41, 5.74) is 0. The molecule has 0 amide bonds. The normalized spacial score (nSPS) is 11.8. The van der Waals surface area contributed by atoms with E-state index in [1.807, 2.05) is 0 Å². The number of fused-ring (bicyclic) bond motifs is 1. The molecule has 0 aliphatic heterocycles. The second kappa shape index (κ2) is 2.73. The number of benzene rings is 2. The quantitative estimate of drug-likeness (QED) is 0.401. The lowest BCUT2D eigenvalue weighted by Gasteiger charge is -2.10. The van der Waals surface area contributed by atoms with Crippen LogP contribution in [0.2, 0.25) is 0 Å². The molecule has 0 N–H and O–H groups in total. The largest absolute Gasteiger partial charge is 0.0616 e. The highest BCUT2D eigenvalue weighted by Crippen LogP contribution is 2.29. The van der Waals surface area contributed by atoms with Crippen molar-refractivity contribution in [1.29, 1.82) is 0 Å². The first kappa shape index (κ1) is 8.12. The molecule has 0 unspecified atom stereocenters. The van der Waals surface area contributed by atoms with Crippen LogP contribution in [0.1, 0.15) is 0 Å². The lowest BCUT2D eigenvalue weighted by Crippen LogP contribution is -1.89. The molecule has 4 rings (SSSR count). The first-order valence-corrected chi connectivity index (χ1v) is 5.57. The highest BCUT2D eigenvalue weighted by atomic mass is 14.1. The first-order chi connectivity index (χ1) is 7.95. The zero-order chi connectivity index (χ0) is 10.5. The Balaban J connectivity index is 2.54. The van der Waals surface area contributed by atoms with Gasteiger partial charge < -0.3 is 0 Å². The van der Waals surface area contributed by atoms with Crippen LogP contribution in [0.5, 0.6) is 0 Å². The predicted molar refractivity (Wildman–Crippen MR) is 67.9 cm³/mol. The molecule has 0 bridgehead atoms. The minimum Gasteiger partial charge on any atom is -0.0616 e. The molecule has 0 aromatic heterocycles. The Morgan fingerprint density at radius 1 is 0.438 bits per heavy atom. The van der Waals surface area contributed by atoms with Crippen LogP contribution in [-0.2, 0) is 0 Å². The number of hydrogen-bond acceptors (Lipinski definition) is 0. The average Bonchev–Trinajstić information content (AvgIpc) is 2.27. The van der Waals surface area contributed by atoms with E-state index in [9.17, 15) is 0 Å². The smallest absolute Gasteiger partial charge is 0.00203 e. The maximum atomic E-state index is 2.21. The van der Waals surface area contributed by atoms with Crippen molar-refractivity contribution in [3.8, 4) is 0 Å². The zero-order valence-electron chi connectivity index (χ0n) is 8.77. The van der Waals surface area contributed by atoms with Crippen LogP contribution in [-0.4, -0.2) is 0 Å². The highest BCUT2D eigenvalue weighted by molar-refractivity contribution is 5.97. The third-order valence-electron chi connectivity index (χ3n) is 3.40. The van der Waals surface area contributed by atoms with Crippen molar-refractivity contribution in [2.45, 2.75) is 0 Å². The maximum absolute atomic E-state index is 2.21. The van der Waals surface area contributed by atoms with Gasteiger partial charge in [0, 0.05) is 0 Å². The van der Waals surface area contributed by atoms with E-state index in [-0.39, 0.29) is 0 Å². The SMILES string of the molecule is c1ccc2cccc3c2=c2c(c1)cccc23. The van der Waals surface area contributed by atoms with E-state index in [0.29, 0.717) is 0 Å². The monoisotopic (exact) mass is 202 g/mol. The van der Waals surface area contributed by atoms with E-state index in [1.54, 1.807) is 0 Å². The van der Waals surface area contributed by atoms with Gasteiger partial charge in [0.1, 0.15) is 0 Å². The molecule has 0 atom stereocenters. The van der Waals surface area contributed by atoms with E-state index in [1.165, 1.54) is 32.0 Å². The number of rotatable bonds is 0. The number of hydrogen-bond donors (Lipinski definition) is 0. The summed E-state index contributed by atoms with van der Waals surface area (Å²) in [7, 11) is 0. The van der Waals surface area contributed by atoms with Crippen LogP contribution >= 0.6 is 0 Å². The zero-order valence-corrected chi connectivity index (χ0v) is 8.77. The molecule has 74 valence electrons. The summed E-state index contributed by atoms with van der Waals surface area (Å²) >= 11 is 0. The van der Waals surface area contributed by atoms with Gasteiger partial charge in [-0.05, 0) is 32.0 Å². The topological polar surface area (TPSA) is 0 Å². The van der Waals surface area contributed by atoms with Crippen molar-refractivity contribution in [2.24, 2.45) is 0 Å². The van der Waals surface area contributed by atoms with Gasteiger partial charge in [-0.2, -0.15) is 0 Å². The van der Waals surface area contributed by atoms with Crippen LogP contribution in [0.15, 0.2) is 60.7 Å². The Hall–Kier alpha value is -2.08. The summed E-state index contributed by atoms with van der Waals surface area (Å²) in [4.78, 5) is 0. The van der Waals surface area contributed by atoms with E-state index < -0.39 is 0 Å². The van der Waals surface area contributed by atoms with Crippen molar-refractivity contribution in [3.05, 3.63) is 71.1 Å². The molecule has 0 fully saturated rings. The third kappa shape index (κ3) is 0.849. The van der Waals surface area contributed by atoms with Crippen molar-refractivity contribution in [1.82, 2.24) is 0 Å². The molecule has 2 aliphatic rings. The lowest BCUT2D eigenvalue weighted by molar-refractivity contribution is 1.58. The Morgan fingerprint density at radius 2 is 0.875 bits per heavy atom. The fourth-order valence-corrected chi connectivity index (χ4v) is 2.68. The van der Waals surface area contributed by atoms with Gasteiger partial charge >= 0.3 is 0 Å². The van der Waals surface area contributed by atoms with Crippen LogP contribution in [0.3, 0.4) is 0 Å². The summed E-state index contributed by atoms with van der Waals surface area (Å²) in [6.07, 6.45) is 0. The summed E-state index contributed by atoms with van der Waals surface area (Å²) in [6, 6.07) is 21.7. The van der Waals surface area contributed by atoms with Crippen LogP contribution in [0.4, 0.5) is 0 Å². The summed E-state index contributed by atoms with van der Waals surface area (Å²) < 4.78 is 0. The Morgan fingerprint density at radius 3 is 1.38 bits per heavy atom. The van der Waals surface area contributed by atoms with Crippen molar-refractivity contribution in [2.75, 3.05) is 0 Å². The van der Waals surface area contributed by atoms with Crippen molar-refractivity contribution >= 4 is 21.5 Å². The second-order valence-corrected chi connectivity index (χ2v) is 4.26. The highest BCUT2D eigenvalue weighted by Gasteiger charge is 2.07. The van der Waals surface area contributed by atoms with E-state index >= 15 is 0 Å². The molecule has 16 heavy (non-hydrogen) atoms. The van der Waals surface area contributed by atoms with Crippen LogP contribution in [0.25, 0.3) is 21.5 Å². The molecule has 0 radical (unpaired) electrons. The lowest BCUT2D eigenvalue weighted by atomic mass is 9.93. The van der Waals surface area contributed by atoms with Gasteiger partial charge in [-0.1, -0.05) is 60.7 Å². The third-order valence-corrected chi connectivity index (χ3v) is 3.40. The predicted octanol–water partition coefficient (Wildman–Crippen LogP) is 4.16. The van der Waals surface area contributed by atoms with E-state index in [2.05, 4.69) is 60.7 Å². The molecule has 0 saturated heterocycles. The Kier molecular flexibility index (Phi) is 1.39. The first-order valence-electron chi connectivity index (χ1n) is 5.57. The van der Waals surface area contributed by atoms with Gasteiger partial charge in [0.05, 0.1) is 0 Å². The molecule has 2 aromatic carbocycles. The van der Waals surface area contributed by atoms with Crippen molar-refractivity contribution < 1.29 is 0 Å². The minimum absolute atomic E-state index is 1.34. The van der Waals surface area contributed by atoms with Gasteiger partial charge in [0.2, 0.25) is 0 Å². The molecule has 0 heterocycles. The van der Waals surface area contributed by atoms with Crippen LogP contribution < -0.4 is 0 Å². The molecule has 2 aliphatic carbocycles. The standard InChI is InChI=1S/C16H10/c1-2-6-12-8-4-10-14-13-9-3-7-11(5-1)15(13)16(12)14/h1-10H. The second-order valence-electron chi connectivity index (χ2n) is 4.26. The molecule has 2 aromatic rings. The summed E-state index contributed by atoms with van der Waals surface area (Å²) in [5, 5.41) is 8.31. The molecule has 0 heteroatoms. The van der Waals surface area contributed by atoms with Gasteiger partial charge in [-0.15, -0.1) is 0 Å². The van der Waals surface area contributed by atoms with E-state index in [0.717, 1.165) is 0 Å². The average molecular weight is 202 g/mol. The fourth-order valence-electron chi connectivity index (χ4n) is 2.68. The van der Waals surface area contributed by atoms with Gasteiger partial charge in [-0.3, -0.25) is 0 Å². The summed E-state index contributed by atoms with van der Waals surface area (Å²) in [5.74, 6) is 0. The Bertz CT molecular complexity index is 771. The van der Waals surface area contributed by atoms with Gasteiger partial charge in [0.25, 0.3) is 0 Å². The molecule has 0 saturated carbocycles. The molecular formula is C16H10.